The average Bonchev–Trinajstić information content (AvgIpc) is 2.25. The molecule has 1 rings (SSSR count). The van der Waals surface area contributed by atoms with Crippen molar-refractivity contribution in [3.05, 3.63) is 11.6 Å². The first kappa shape index (κ1) is 15.5. The number of rotatable bonds is 4. The van der Waals surface area contributed by atoms with E-state index < -0.39 is 0 Å². The highest BCUT2D eigenvalue weighted by atomic mass is 32.2. The van der Waals surface area contributed by atoms with Crippen LogP contribution in [0.3, 0.4) is 0 Å². The van der Waals surface area contributed by atoms with E-state index in [9.17, 15) is 4.79 Å². The van der Waals surface area contributed by atoms with E-state index in [-0.39, 0.29) is 5.78 Å². The Hall–Kier alpha value is -0.480. The lowest BCUT2D eigenvalue weighted by Crippen LogP contribution is -2.31. The van der Waals surface area contributed by atoms with E-state index in [0.29, 0.717) is 0 Å². The van der Waals surface area contributed by atoms with Gasteiger partial charge in [-0.15, -0.1) is 11.8 Å². The van der Waals surface area contributed by atoms with Crippen LogP contribution in [0.2, 0.25) is 0 Å². The van der Waals surface area contributed by atoms with Crippen LogP contribution in [0, 0.1) is 0 Å². The van der Waals surface area contributed by atoms with Crippen molar-refractivity contribution >= 4 is 17.5 Å². The van der Waals surface area contributed by atoms with Gasteiger partial charge in [-0.1, -0.05) is 6.42 Å². The van der Waals surface area contributed by atoms with Crippen LogP contribution in [0.4, 0.5) is 0 Å². The molecule has 16 heavy (non-hydrogen) atoms. The maximum atomic E-state index is 9.44. The van der Waals surface area contributed by atoms with Gasteiger partial charge < -0.3 is 15.4 Å². The van der Waals surface area contributed by atoms with Gasteiger partial charge in [0.25, 0.3) is 0 Å². The van der Waals surface area contributed by atoms with Crippen LogP contribution in [-0.2, 0) is 4.79 Å². The van der Waals surface area contributed by atoms with Crippen molar-refractivity contribution in [3.63, 3.8) is 0 Å². The lowest BCUT2D eigenvalue weighted by atomic mass is 10.1. The molecule has 0 saturated carbocycles. The molecule has 1 saturated heterocycles. The summed E-state index contributed by atoms with van der Waals surface area (Å²) >= 11 is 1.80. The minimum absolute atomic E-state index is 0.167. The molecule has 0 aromatic heterocycles. The second-order valence-corrected chi connectivity index (χ2v) is 5.02. The van der Waals surface area contributed by atoms with Gasteiger partial charge in [0, 0.05) is 18.5 Å². The molecule has 0 spiro atoms. The monoisotopic (exact) mass is 244 g/mol. The van der Waals surface area contributed by atoms with Gasteiger partial charge in [0.1, 0.15) is 5.78 Å². The number of piperidine rings is 1. The molecule has 0 atom stereocenters. The molecule has 0 unspecified atom stereocenters. The highest BCUT2D eigenvalue weighted by Gasteiger charge is 2.08. The van der Waals surface area contributed by atoms with Crippen molar-refractivity contribution in [2.45, 2.75) is 33.1 Å². The number of nitrogens with two attached hydrogens (primary N) is 1. The maximum absolute atomic E-state index is 9.44. The quantitative estimate of drug-likeness (QED) is 0.770. The Morgan fingerprint density at radius 2 is 1.88 bits per heavy atom. The zero-order valence-electron chi connectivity index (χ0n) is 10.4. The van der Waals surface area contributed by atoms with E-state index >= 15 is 0 Å². The average molecular weight is 244 g/mol. The van der Waals surface area contributed by atoms with Gasteiger partial charge in [-0.3, -0.25) is 0 Å². The van der Waals surface area contributed by atoms with Crippen molar-refractivity contribution in [1.82, 2.24) is 4.90 Å². The first-order chi connectivity index (χ1) is 7.66. The summed E-state index contributed by atoms with van der Waals surface area (Å²) in [4.78, 5) is 12.0. The van der Waals surface area contributed by atoms with Gasteiger partial charge in [0.15, 0.2) is 0 Å². The zero-order valence-corrected chi connectivity index (χ0v) is 11.3. The molecule has 0 aromatic rings. The molecule has 4 heteroatoms. The summed E-state index contributed by atoms with van der Waals surface area (Å²) in [6.45, 7) is 6.87. The molecule has 0 bridgehead atoms. The van der Waals surface area contributed by atoms with Crippen LogP contribution in [-0.4, -0.2) is 36.1 Å². The Kier molecular flexibility index (Phi) is 10.7. The molecule has 0 radical (unpaired) electrons. The number of thioether (sulfide) groups is 1. The third-order valence-electron chi connectivity index (χ3n) is 2.15. The van der Waals surface area contributed by atoms with Crippen molar-refractivity contribution in [2.75, 3.05) is 25.4 Å². The molecule has 0 aromatic carbocycles. The Balaban J connectivity index is 0.000000487. The molecule has 0 aliphatic carbocycles. The number of carbonyl (C=O) groups excluding carboxylic acids is 1. The van der Waals surface area contributed by atoms with E-state index in [2.05, 4.69) is 4.90 Å². The molecule has 0 amide bonds. The summed E-state index contributed by atoms with van der Waals surface area (Å²) in [5, 5.41) is 1.96. The molecular weight excluding hydrogens is 220 g/mol. The molecule has 1 heterocycles. The fourth-order valence-electron chi connectivity index (χ4n) is 1.49. The number of ketones is 1. The van der Waals surface area contributed by atoms with E-state index in [4.69, 9.17) is 5.73 Å². The minimum atomic E-state index is 0.167. The third kappa shape index (κ3) is 11.6. The highest BCUT2D eigenvalue weighted by molar-refractivity contribution is 8.02. The van der Waals surface area contributed by atoms with Crippen molar-refractivity contribution in [3.8, 4) is 0 Å². The number of hydrogen-bond acceptors (Lipinski definition) is 4. The first-order valence-corrected chi connectivity index (χ1v) is 6.89. The van der Waals surface area contributed by atoms with Gasteiger partial charge in [0.2, 0.25) is 0 Å². The van der Waals surface area contributed by atoms with E-state index in [1.807, 2.05) is 5.41 Å². The maximum Gasteiger partial charge on any atom is 0.126 e. The number of Topliss-reactive ketones (excluding diaryl/α,β-unsaturated/α-hetero) is 1. The standard InChI is InChI=1S/C9H18N2S.C3H6O/c10-4-8-12-9-7-11-5-2-1-3-6-11;1-3(2)4/h4,8H,1-3,5-7,9-10H2;1-2H3/b8-4-;. The Morgan fingerprint density at radius 1 is 1.31 bits per heavy atom. The minimum Gasteiger partial charge on any atom is -0.404 e. The van der Waals surface area contributed by atoms with Gasteiger partial charge in [0.05, 0.1) is 0 Å². The number of hydrogen-bond donors (Lipinski definition) is 1. The Morgan fingerprint density at radius 3 is 2.38 bits per heavy atom. The third-order valence-corrected chi connectivity index (χ3v) is 2.92. The van der Waals surface area contributed by atoms with E-state index in [0.717, 1.165) is 0 Å². The zero-order chi connectivity index (χ0) is 12.2. The SMILES string of the molecule is CC(C)=O.N/C=C\SCCN1CCCCC1. The smallest absolute Gasteiger partial charge is 0.126 e. The molecular formula is C12H24N2OS. The van der Waals surface area contributed by atoms with Gasteiger partial charge in [-0.2, -0.15) is 0 Å². The Labute approximate surface area is 103 Å². The molecule has 2 N–H and O–H groups in total. The normalized spacial score (nSPS) is 16.9. The van der Waals surface area contributed by atoms with Crippen LogP contribution in [0.1, 0.15) is 33.1 Å². The van der Waals surface area contributed by atoms with Crippen LogP contribution in [0.15, 0.2) is 11.6 Å². The molecule has 1 fully saturated rings. The van der Waals surface area contributed by atoms with Crippen LogP contribution in [0.25, 0.3) is 0 Å². The van der Waals surface area contributed by atoms with Crippen LogP contribution < -0.4 is 5.73 Å². The van der Waals surface area contributed by atoms with Crippen molar-refractivity contribution in [1.29, 1.82) is 0 Å². The fourth-order valence-corrected chi connectivity index (χ4v) is 2.10. The predicted octanol–water partition coefficient (Wildman–Crippen LogP) is 2.23. The fraction of sp³-hybridized carbons (Fsp3) is 0.750. The summed E-state index contributed by atoms with van der Waals surface area (Å²) in [6, 6.07) is 0. The van der Waals surface area contributed by atoms with Crippen molar-refractivity contribution < 1.29 is 4.79 Å². The lowest BCUT2D eigenvalue weighted by Gasteiger charge is -2.25. The first-order valence-electron chi connectivity index (χ1n) is 5.84. The number of nitrogens with zero attached hydrogens (tertiary/aromatic N) is 1. The summed E-state index contributed by atoms with van der Waals surface area (Å²) in [7, 11) is 0. The number of carbonyl (C=O) groups is 1. The van der Waals surface area contributed by atoms with Gasteiger partial charge >= 0.3 is 0 Å². The summed E-state index contributed by atoms with van der Waals surface area (Å²) in [5.74, 6) is 1.34. The van der Waals surface area contributed by atoms with E-state index in [1.165, 1.54) is 58.5 Å². The van der Waals surface area contributed by atoms with Crippen LogP contribution in [0.5, 0.6) is 0 Å². The van der Waals surface area contributed by atoms with Gasteiger partial charge in [-0.05, 0) is 45.2 Å². The van der Waals surface area contributed by atoms with Crippen LogP contribution >= 0.6 is 11.8 Å². The molecule has 1 aliphatic heterocycles. The predicted molar refractivity (Wildman–Crippen MR) is 72.4 cm³/mol. The van der Waals surface area contributed by atoms with Crippen molar-refractivity contribution in [2.24, 2.45) is 5.73 Å². The Bertz CT molecular complexity index is 197. The topological polar surface area (TPSA) is 46.3 Å². The van der Waals surface area contributed by atoms with Gasteiger partial charge in [-0.25, -0.2) is 0 Å². The lowest BCUT2D eigenvalue weighted by molar-refractivity contribution is -0.114. The van der Waals surface area contributed by atoms with E-state index in [1.54, 1.807) is 18.0 Å². The summed E-state index contributed by atoms with van der Waals surface area (Å²) in [6.07, 6.45) is 5.81. The summed E-state index contributed by atoms with van der Waals surface area (Å²) < 4.78 is 0. The summed E-state index contributed by atoms with van der Waals surface area (Å²) in [5.41, 5.74) is 5.23. The molecule has 3 nitrogen and oxygen atoms in total. The molecule has 94 valence electrons. The molecule has 1 aliphatic rings. The highest BCUT2D eigenvalue weighted by Crippen LogP contribution is 2.09. The second-order valence-electron chi connectivity index (χ2n) is 4.01. The largest absolute Gasteiger partial charge is 0.404 e. The number of likely N-dealkylation sites (tertiary alicyclic amines) is 1. The second kappa shape index (κ2) is 11.0.